The largest absolute Gasteiger partial charge is 0.380 e. The first-order valence-corrected chi connectivity index (χ1v) is 6.49. The van der Waals surface area contributed by atoms with Crippen LogP contribution in [-0.2, 0) is 11.3 Å². The SMILES string of the molecule is COC1CCCN(Cc2cnc(Cl)cc2Cl)C1. The summed E-state index contributed by atoms with van der Waals surface area (Å²) in [4.78, 5) is 6.41. The summed E-state index contributed by atoms with van der Waals surface area (Å²) in [7, 11) is 1.77. The van der Waals surface area contributed by atoms with Crippen LogP contribution < -0.4 is 0 Å². The number of halogens is 2. The van der Waals surface area contributed by atoms with Crippen LogP contribution in [0.3, 0.4) is 0 Å². The minimum atomic E-state index is 0.336. The molecule has 1 aromatic heterocycles. The zero-order chi connectivity index (χ0) is 12.3. The van der Waals surface area contributed by atoms with E-state index in [0.717, 1.165) is 38.0 Å². The van der Waals surface area contributed by atoms with Crippen molar-refractivity contribution in [2.75, 3.05) is 20.2 Å². The van der Waals surface area contributed by atoms with E-state index in [1.165, 1.54) is 0 Å². The zero-order valence-electron chi connectivity index (χ0n) is 9.83. The molecule has 1 unspecified atom stereocenters. The number of nitrogens with zero attached hydrogens (tertiary/aromatic N) is 2. The third-order valence-electron chi connectivity index (χ3n) is 3.09. The molecule has 0 amide bonds. The van der Waals surface area contributed by atoms with Crippen molar-refractivity contribution in [2.24, 2.45) is 0 Å². The lowest BCUT2D eigenvalue weighted by Gasteiger charge is -2.31. The van der Waals surface area contributed by atoms with Crippen molar-refractivity contribution < 1.29 is 4.74 Å². The highest BCUT2D eigenvalue weighted by Gasteiger charge is 2.20. The van der Waals surface area contributed by atoms with Gasteiger partial charge in [0.1, 0.15) is 5.15 Å². The van der Waals surface area contributed by atoms with Crippen LogP contribution in [0.1, 0.15) is 18.4 Å². The summed E-state index contributed by atoms with van der Waals surface area (Å²) < 4.78 is 5.40. The maximum Gasteiger partial charge on any atom is 0.130 e. The molecular weight excluding hydrogens is 259 g/mol. The second-order valence-corrected chi connectivity index (χ2v) is 5.13. The summed E-state index contributed by atoms with van der Waals surface area (Å²) in [5.41, 5.74) is 1.02. The fourth-order valence-corrected chi connectivity index (χ4v) is 2.57. The number of rotatable bonds is 3. The van der Waals surface area contributed by atoms with Crippen molar-refractivity contribution in [3.8, 4) is 0 Å². The molecule has 5 heteroatoms. The van der Waals surface area contributed by atoms with Crippen LogP contribution in [0.4, 0.5) is 0 Å². The van der Waals surface area contributed by atoms with Gasteiger partial charge in [0.05, 0.1) is 6.10 Å². The molecular formula is C12H16Cl2N2O. The van der Waals surface area contributed by atoms with Gasteiger partial charge in [0.15, 0.2) is 0 Å². The third kappa shape index (κ3) is 3.55. The Morgan fingerprint density at radius 1 is 1.53 bits per heavy atom. The molecule has 0 bridgehead atoms. The minimum absolute atomic E-state index is 0.336. The molecule has 1 aliphatic heterocycles. The van der Waals surface area contributed by atoms with Crippen LogP contribution in [0.2, 0.25) is 10.2 Å². The second kappa shape index (κ2) is 6.01. The molecule has 0 spiro atoms. The highest BCUT2D eigenvalue weighted by molar-refractivity contribution is 6.34. The van der Waals surface area contributed by atoms with Crippen molar-refractivity contribution >= 4 is 23.2 Å². The smallest absolute Gasteiger partial charge is 0.130 e. The van der Waals surface area contributed by atoms with Crippen molar-refractivity contribution in [3.63, 3.8) is 0 Å². The zero-order valence-corrected chi connectivity index (χ0v) is 11.3. The quantitative estimate of drug-likeness (QED) is 0.793. The molecule has 0 aromatic carbocycles. The molecule has 0 aliphatic carbocycles. The van der Waals surface area contributed by atoms with Crippen molar-refractivity contribution in [1.29, 1.82) is 0 Å². The molecule has 94 valence electrons. The average molecular weight is 275 g/mol. The highest BCUT2D eigenvalue weighted by atomic mass is 35.5. The molecule has 1 fully saturated rings. The number of piperidine rings is 1. The second-order valence-electron chi connectivity index (χ2n) is 4.33. The molecule has 3 nitrogen and oxygen atoms in total. The van der Waals surface area contributed by atoms with Gasteiger partial charge in [-0.25, -0.2) is 4.98 Å². The number of aromatic nitrogens is 1. The normalized spacial score (nSPS) is 21.7. The predicted octanol–water partition coefficient (Wildman–Crippen LogP) is 3.00. The lowest BCUT2D eigenvalue weighted by molar-refractivity contribution is 0.0285. The Balaban J connectivity index is 2.00. The van der Waals surface area contributed by atoms with E-state index in [1.54, 1.807) is 19.4 Å². The first-order chi connectivity index (χ1) is 8.19. The first kappa shape index (κ1) is 13.1. The van der Waals surface area contributed by atoms with Crippen LogP contribution in [0, 0.1) is 0 Å². The van der Waals surface area contributed by atoms with E-state index in [1.807, 2.05) is 0 Å². The van der Waals surface area contributed by atoms with Gasteiger partial charge in [-0.15, -0.1) is 0 Å². The summed E-state index contributed by atoms with van der Waals surface area (Å²) >= 11 is 11.9. The molecule has 0 N–H and O–H groups in total. The molecule has 1 aromatic rings. The van der Waals surface area contributed by atoms with Gasteiger partial charge in [0.25, 0.3) is 0 Å². The lowest BCUT2D eigenvalue weighted by Crippen LogP contribution is -2.38. The summed E-state index contributed by atoms with van der Waals surface area (Å²) in [6.45, 7) is 2.84. The Bertz CT molecular complexity index is 387. The Morgan fingerprint density at radius 2 is 2.35 bits per heavy atom. The monoisotopic (exact) mass is 274 g/mol. The van der Waals surface area contributed by atoms with Crippen LogP contribution in [0.5, 0.6) is 0 Å². The molecule has 2 heterocycles. The summed E-state index contributed by atoms with van der Waals surface area (Å²) in [5, 5.41) is 1.12. The van der Waals surface area contributed by atoms with Gasteiger partial charge in [-0.05, 0) is 25.5 Å². The molecule has 17 heavy (non-hydrogen) atoms. The maximum atomic E-state index is 6.14. The molecule has 1 saturated heterocycles. The highest BCUT2D eigenvalue weighted by Crippen LogP contribution is 2.22. The van der Waals surface area contributed by atoms with Gasteiger partial charge >= 0.3 is 0 Å². The molecule has 1 aliphatic rings. The maximum absolute atomic E-state index is 6.14. The van der Waals surface area contributed by atoms with Crippen LogP contribution >= 0.6 is 23.2 Å². The third-order valence-corrected chi connectivity index (χ3v) is 3.64. The van der Waals surface area contributed by atoms with E-state index in [4.69, 9.17) is 27.9 Å². The summed E-state index contributed by atoms with van der Waals surface area (Å²) in [6.07, 6.45) is 4.39. The number of hydrogen-bond acceptors (Lipinski definition) is 3. The van der Waals surface area contributed by atoms with Gasteiger partial charge in [-0.3, -0.25) is 4.90 Å². The molecule has 0 saturated carbocycles. The van der Waals surface area contributed by atoms with Crippen molar-refractivity contribution in [3.05, 3.63) is 28.0 Å². The van der Waals surface area contributed by atoms with Crippen LogP contribution in [-0.4, -0.2) is 36.2 Å². The van der Waals surface area contributed by atoms with Crippen LogP contribution in [0.15, 0.2) is 12.3 Å². The van der Waals surface area contributed by atoms with E-state index in [-0.39, 0.29) is 0 Å². The summed E-state index contributed by atoms with van der Waals surface area (Å²) in [6, 6.07) is 1.69. The number of ether oxygens (including phenoxy) is 1. The van der Waals surface area contributed by atoms with E-state index in [9.17, 15) is 0 Å². The van der Waals surface area contributed by atoms with Gasteiger partial charge < -0.3 is 4.74 Å². The number of hydrogen-bond donors (Lipinski definition) is 0. The molecule has 1 atom stereocenters. The average Bonchev–Trinajstić information content (AvgIpc) is 2.33. The Kier molecular flexibility index (Phi) is 4.62. The Morgan fingerprint density at radius 3 is 3.06 bits per heavy atom. The fourth-order valence-electron chi connectivity index (χ4n) is 2.14. The molecule has 2 rings (SSSR count). The predicted molar refractivity (Wildman–Crippen MR) is 69.6 cm³/mol. The van der Waals surface area contributed by atoms with Gasteiger partial charge in [0, 0.05) is 37.0 Å². The van der Waals surface area contributed by atoms with Crippen molar-refractivity contribution in [1.82, 2.24) is 9.88 Å². The number of likely N-dealkylation sites (tertiary alicyclic amines) is 1. The number of pyridine rings is 1. The minimum Gasteiger partial charge on any atom is -0.380 e. The Labute approximate surface area is 112 Å². The van der Waals surface area contributed by atoms with E-state index in [2.05, 4.69) is 9.88 Å². The first-order valence-electron chi connectivity index (χ1n) is 5.74. The van der Waals surface area contributed by atoms with Gasteiger partial charge in [-0.1, -0.05) is 23.2 Å². The van der Waals surface area contributed by atoms with E-state index in [0.29, 0.717) is 16.3 Å². The summed E-state index contributed by atoms with van der Waals surface area (Å²) in [5.74, 6) is 0. The molecule has 0 radical (unpaired) electrons. The Hall–Kier alpha value is -0.350. The van der Waals surface area contributed by atoms with Gasteiger partial charge in [-0.2, -0.15) is 0 Å². The standard InChI is InChI=1S/C12H16Cl2N2O/c1-17-10-3-2-4-16(8-10)7-9-6-15-12(14)5-11(9)13/h5-6,10H,2-4,7-8H2,1H3. The van der Waals surface area contributed by atoms with Crippen LogP contribution in [0.25, 0.3) is 0 Å². The fraction of sp³-hybridized carbons (Fsp3) is 0.583. The van der Waals surface area contributed by atoms with E-state index < -0.39 is 0 Å². The van der Waals surface area contributed by atoms with Gasteiger partial charge in [0.2, 0.25) is 0 Å². The number of methoxy groups -OCH3 is 1. The lowest BCUT2D eigenvalue weighted by atomic mass is 10.1. The van der Waals surface area contributed by atoms with Crippen molar-refractivity contribution in [2.45, 2.75) is 25.5 Å². The topological polar surface area (TPSA) is 25.4 Å². The van der Waals surface area contributed by atoms with E-state index >= 15 is 0 Å².